The Balaban J connectivity index is 1.51. The minimum absolute atomic E-state index is 0.0213. The number of nitrogens with one attached hydrogen (secondary N) is 1. The van der Waals surface area contributed by atoms with Crippen LogP contribution in [-0.2, 0) is 16.8 Å². The molecule has 0 saturated carbocycles. The van der Waals surface area contributed by atoms with Gasteiger partial charge in [-0.05, 0) is 60.7 Å². The van der Waals surface area contributed by atoms with Gasteiger partial charge in [0.15, 0.2) is 0 Å². The van der Waals surface area contributed by atoms with Gasteiger partial charge >= 0.3 is 0 Å². The minimum atomic E-state index is 0.0213. The summed E-state index contributed by atoms with van der Waals surface area (Å²) in [5.74, 6) is 0.414. The number of fused-ring (bicyclic) bond motifs is 2. The number of benzene rings is 2. The topological polar surface area (TPSA) is 31.5 Å². The number of ether oxygens (including phenoxy) is 1. The molecule has 2 aliphatic heterocycles. The van der Waals surface area contributed by atoms with E-state index >= 15 is 0 Å². The summed E-state index contributed by atoms with van der Waals surface area (Å²) in [7, 11) is 2.24. The standard InChI is InChI=1S/C25H31N3O/c1-25(2,28-10-12-29-13-11-28)21-6-7-22-20(14-21)16-27(3)17-23(22)19-5-4-18-8-9-26-24(18)15-19/h4-9,14-15,23,26H,10-13,16-17H2,1-3H3. The lowest BCUT2D eigenvalue weighted by Crippen LogP contribution is -2.48. The molecule has 2 aliphatic rings. The monoisotopic (exact) mass is 389 g/mol. The van der Waals surface area contributed by atoms with Crippen molar-refractivity contribution in [2.45, 2.75) is 31.8 Å². The van der Waals surface area contributed by atoms with Crippen molar-refractivity contribution >= 4 is 10.9 Å². The fourth-order valence-corrected chi connectivity index (χ4v) is 5.10. The van der Waals surface area contributed by atoms with Gasteiger partial charge in [0.1, 0.15) is 0 Å². The summed E-state index contributed by atoms with van der Waals surface area (Å²) < 4.78 is 5.57. The van der Waals surface area contributed by atoms with Gasteiger partial charge in [0.25, 0.3) is 0 Å². The highest BCUT2D eigenvalue weighted by molar-refractivity contribution is 5.80. The Hall–Kier alpha value is -2.14. The second-order valence-electron chi connectivity index (χ2n) is 9.15. The average Bonchev–Trinajstić information content (AvgIpc) is 3.21. The van der Waals surface area contributed by atoms with E-state index in [9.17, 15) is 0 Å². The van der Waals surface area contributed by atoms with Gasteiger partial charge in [-0.15, -0.1) is 0 Å². The van der Waals surface area contributed by atoms with E-state index in [2.05, 4.69) is 78.1 Å². The van der Waals surface area contributed by atoms with Gasteiger partial charge in [-0.25, -0.2) is 0 Å². The van der Waals surface area contributed by atoms with Gasteiger partial charge in [-0.3, -0.25) is 4.90 Å². The summed E-state index contributed by atoms with van der Waals surface area (Å²) in [6, 6.07) is 16.2. The first kappa shape index (κ1) is 18.9. The number of hydrogen-bond donors (Lipinski definition) is 1. The highest BCUT2D eigenvalue weighted by Gasteiger charge is 2.32. The number of rotatable bonds is 3. The van der Waals surface area contributed by atoms with E-state index in [1.165, 1.54) is 33.2 Å². The smallest absolute Gasteiger partial charge is 0.0594 e. The van der Waals surface area contributed by atoms with Gasteiger partial charge < -0.3 is 14.6 Å². The van der Waals surface area contributed by atoms with Crippen LogP contribution in [0.3, 0.4) is 0 Å². The molecule has 0 bridgehead atoms. The van der Waals surface area contributed by atoms with Gasteiger partial charge in [-0.1, -0.05) is 30.3 Å². The first-order valence-electron chi connectivity index (χ1n) is 10.7. The van der Waals surface area contributed by atoms with Crippen LogP contribution in [-0.4, -0.2) is 54.7 Å². The fraction of sp³-hybridized carbons (Fsp3) is 0.440. The van der Waals surface area contributed by atoms with Crippen LogP contribution < -0.4 is 0 Å². The van der Waals surface area contributed by atoms with E-state index in [1.54, 1.807) is 0 Å². The molecule has 2 aromatic carbocycles. The van der Waals surface area contributed by atoms with Crippen LogP contribution in [0.25, 0.3) is 10.9 Å². The van der Waals surface area contributed by atoms with Crippen molar-refractivity contribution in [2.75, 3.05) is 39.9 Å². The molecule has 1 aromatic heterocycles. The van der Waals surface area contributed by atoms with Crippen LogP contribution >= 0.6 is 0 Å². The van der Waals surface area contributed by atoms with E-state index in [0.717, 1.165) is 39.4 Å². The Bertz CT molecular complexity index is 1020. The summed E-state index contributed by atoms with van der Waals surface area (Å²) in [6.45, 7) is 10.5. The van der Waals surface area contributed by atoms with Crippen molar-refractivity contribution in [3.8, 4) is 0 Å². The van der Waals surface area contributed by atoms with Crippen molar-refractivity contribution in [2.24, 2.45) is 0 Å². The molecule has 29 heavy (non-hydrogen) atoms. The van der Waals surface area contributed by atoms with Gasteiger partial charge in [0, 0.05) is 49.3 Å². The van der Waals surface area contributed by atoms with Crippen molar-refractivity contribution in [3.63, 3.8) is 0 Å². The first-order valence-corrected chi connectivity index (χ1v) is 10.7. The third-order valence-corrected chi connectivity index (χ3v) is 6.94. The number of likely N-dealkylation sites (N-methyl/N-ethyl adjacent to an activating group) is 1. The molecule has 3 heterocycles. The maximum atomic E-state index is 5.57. The first-order chi connectivity index (χ1) is 14.0. The summed E-state index contributed by atoms with van der Waals surface area (Å²) in [5, 5.41) is 1.28. The molecular formula is C25H31N3O. The molecule has 0 amide bonds. The third-order valence-electron chi connectivity index (χ3n) is 6.94. The fourth-order valence-electron chi connectivity index (χ4n) is 5.10. The summed E-state index contributed by atoms with van der Waals surface area (Å²) in [5.41, 5.74) is 7.00. The third kappa shape index (κ3) is 3.39. The number of aromatic nitrogens is 1. The Morgan fingerprint density at radius 3 is 2.69 bits per heavy atom. The molecule has 1 atom stereocenters. The Kier molecular flexibility index (Phi) is 4.73. The zero-order chi connectivity index (χ0) is 20.0. The predicted molar refractivity (Wildman–Crippen MR) is 118 cm³/mol. The molecule has 0 radical (unpaired) electrons. The predicted octanol–water partition coefficient (Wildman–Crippen LogP) is 4.31. The molecule has 1 N–H and O–H groups in total. The van der Waals surface area contributed by atoms with Crippen molar-refractivity contribution in [3.05, 3.63) is 70.9 Å². The Labute approximate surface area is 173 Å². The van der Waals surface area contributed by atoms with E-state index in [1.807, 2.05) is 6.20 Å². The SMILES string of the molecule is CN1Cc2cc(C(C)(C)N3CCOCC3)ccc2C(c2ccc3cc[nH]c3c2)C1. The van der Waals surface area contributed by atoms with Gasteiger partial charge in [0.2, 0.25) is 0 Å². The molecular weight excluding hydrogens is 358 g/mol. The number of H-pyrrole nitrogens is 1. The zero-order valence-electron chi connectivity index (χ0n) is 17.7. The summed E-state index contributed by atoms with van der Waals surface area (Å²) >= 11 is 0. The van der Waals surface area contributed by atoms with Crippen LogP contribution in [0, 0.1) is 0 Å². The lowest BCUT2D eigenvalue weighted by atomic mass is 9.81. The molecule has 5 rings (SSSR count). The van der Waals surface area contributed by atoms with Crippen molar-refractivity contribution in [1.29, 1.82) is 0 Å². The Morgan fingerprint density at radius 2 is 1.86 bits per heavy atom. The molecule has 1 fully saturated rings. The quantitative estimate of drug-likeness (QED) is 0.724. The van der Waals surface area contributed by atoms with E-state index in [-0.39, 0.29) is 5.54 Å². The summed E-state index contributed by atoms with van der Waals surface area (Å²) in [6.07, 6.45) is 2.02. The number of aromatic amines is 1. The second-order valence-corrected chi connectivity index (χ2v) is 9.15. The molecule has 1 saturated heterocycles. The lowest BCUT2D eigenvalue weighted by molar-refractivity contribution is -0.0118. The highest BCUT2D eigenvalue weighted by atomic mass is 16.5. The molecule has 3 aromatic rings. The lowest BCUT2D eigenvalue weighted by Gasteiger charge is -2.42. The number of nitrogens with zero attached hydrogens (tertiary/aromatic N) is 2. The molecule has 0 aliphatic carbocycles. The van der Waals surface area contributed by atoms with Gasteiger partial charge in [-0.2, -0.15) is 0 Å². The van der Waals surface area contributed by atoms with Crippen LogP contribution in [0.4, 0.5) is 0 Å². The molecule has 4 nitrogen and oxygen atoms in total. The minimum Gasteiger partial charge on any atom is -0.379 e. The van der Waals surface area contributed by atoms with Crippen LogP contribution in [0.5, 0.6) is 0 Å². The van der Waals surface area contributed by atoms with E-state index < -0.39 is 0 Å². The van der Waals surface area contributed by atoms with Crippen LogP contribution in [0.1, 0.15) is 42.0 Å². The Morgan fingerprint density at radius 1 is 1.03 bits per heavy atom. The summed E-state index contributed by atoms with van der Waals surface area (Å²) in [4.78, 5) is 8.38. The maximum absolute atomic E-state index is 5.57. The van der Waals surface area contributed by atoms with Gasteiger partial charge in [0.05, 0.1) is 13.2 Å². The number of morpholine rings is 1. The highest BCUT2D eigenvalue weighted by Crippen LogP contribution is 2.37. The van der Waals surface area contributed by atoms with E-state index in [0.29, 0.717) is 5.92 Å². The zero-order valence-corrected chi connectivity index (χ0v) is 17.7. The maximum Gasteiger partial charge on any atom is 0.0594 e. The molecule has 1 unspecified atom stereocenters. The number of hydrogen-bond acceptors (Lipinski definition) is 3. The molecule has 4 heteroatoms. The average molecular weight is 390 g/mol. The van der Waals surface area contributed by atoms with Crippen LogP contribution in [0.15, 0.2) is 48.7 Å². The second kappa shape index (κ2) is 7.28. The van der Waals surface area contributed by atoms with Crippen molar-refractivity contribution < 1.29 is 4.74 Å². The molecule has 0 spiro atoms. The largest absolute Gasteiger partial charge is 0.379 e. The van der Waals surface area contributed by atoms with E-state index in [4.69, 9.17) is 4.74 Å². The van der Waals surface area contributed by atoms with Crippen molar-refractivity contribution in [1.82, 2.24) is 14.8 Å². The van der Waals surface area contributed by atoms with Crippen LogP contribution in [0.2, 0.25) is 0 Å². The normalized spacial score (nSPS) is 21.4. The molecule has 152 valence electrons.